The second-order valence-corrected chi connectivity index (χ2v) is 5.90. The molecule has 0 aromatic carbocycles. The fourth-order valence-electron chi connectivity index (χ4n) is 0.344. The second kappa shape index (κ2) is 3.75. The molecule has 12 heavy (non-hydrogen) atoms. The number of hydrogen-bond donors (Lipinski definition) is 0. The summed E-state index contributed by atoms with van der Waals surface area (Å²) in [6.45, 7) is 2.56. The van der Waals surface area contributed by atoms with Gasteiger partial charge in [-0.15, -0.1) is 11.6 Å². The van der Waals surface area contributed by atoms with E-state index in [-0.39, 0.29) is 0 Å². The van der Waals surface area contributed by atoms with Crippen LogP contribution in [0.1, 0.15) is 13.8 Å². The lowest BCUT2D eigenvalue weighted by Crippen LogP contribution is -2.35. The minimum atomic E-state index is -4.07. The van der Waals surface area contributed by atoms with Crippen LogP contribution in [-0.2, 0) is 14.8 Å². The third-order valence-corrected chi connectivity index (χ3v) is 4.64. The maximum absolute atomic E-state index is 11.0. The molecule has 70 valence electrons. The van der Waals surface area contributed by atoms with Crippen molar-refractivity contribution in [2.45, 2.75) is 23.4 Å². The zero-order valence-electron chi connectivity index (χ0n) is 6.41. The Morgan fingerprint density at radius 2 is 2.00 bits per heavy atom. The Bertz CT molecular complexity index is 303. The molecule has 0 heterocycles. The summed E-state index contributed by atoms with van der Waals surface area (Å²) >= 11 is 11.0. The van der Waals surface area contributed by atoms with Gasteiger partial charge in [0, 0.05) is 0 Å². The molecule has 0 saturated heterocycles. The fourth-order valence-corrected chi connectivity index (χ4v) is 1.47. The van der Waals surface area contributed by atoms with E-state index in [4.69, 9.17) is 23.2 Å². The highest BCUT2D eigenvalue weighted by Crippen LogP contribution is 2.30. The first-order valence-corrected chi connectivity index (χ1v) is 5.18. The zero-order chi connectivity index (χ0) is 9.99. The molecule has 0 rings (SSSR count). The topological polar surface area (TPSA) is 63.6 Å². The van der Waals surface area contributed by atoms with Gasteiger partial charge in [-0.1, -0.05) is 16.0 Å². The van der Waals surface area contributed by atoms with Crippen LogP contribution < -0.4 is 0 Å². The predicted octanol–water partition coefficient (Wildman–Crippen LogP) is 1.23. The van der Waals surface area contributed by atoms with Gasteiger partial charge in [-0.2, -0.15) is 0 Å². The maximum Gasteiger partial charge on any atom is 0.284 e. The molecule has 2 unspecified atom stereocenters. The van der Waals surface area contributed by atoms with Gasteiger partial charge < -0.3 is 0 Å². The van der Waals surface area contributed by atoms with Gasteiger partial charge in [0.05, 0.1) is 5.38 Å². The number of nitrogens with zero attached hydrogens (tertiary/aromatic N) is 1. The lowest BCUT2D eigenvalue weighted by atomic mass is 10.3. The molecule has 0 N–H and O–H groups in total. The molecular weight excluding hydrogens is 225 g/mol. The maximum atomic E-state index is 11.0. The SMILES string of the molecule is CC(Cl)C(C)(Cl)S(=O)(=O)N=C=O. The molecule has 0 fully saturated rings. The van der Waals surface area contributed by atoms with Crippen LogP contribution >= 0.6 is 23.2 Å². The number of alkyl halides is 2. The average Bonchev–Trinajstić information content (AvgIpc) is 1.86. The molecule has 0 aliphatic carbocycles. The van der Waals surface area contributed by atoms with Crippen molar-refractivity contribution >= 4 is 39.3 Å². The second-order valence-electron chi connectivity index (χ2n) is 2.26. The van der Waals surface area contributed by atoms with Gasteiger partial charge in [0.15, 0.2) is 4.21 Å². The van der Waals surface area contributed by atoms with E-state index in [0.717, 1.165) is 6.08 Å². The van der Waals surface area contributed by atoms with Crippen molar-refractivity contribution in [2.24, 2.45) is 4.40 Å². The van der Waals surface area contributed by atoms with Crippen molar-refractivity contribution in [3.05, 3.63) is 0 Å². The van der Waals surface area contributed by atoms with Crippen LogP contribution in [0.4, 0.5) is 0 Å². The van der Waals surface area contributed by atoms with E-state index in [0.29, 0.717) is 0 Å². The van der Waals surface area contributed by atoms with Crippen molar-refractivity contribution in [3.63, 3.8) is 0 Å². The first-order valence-electron chi connectivity index (χ1n) is 2.92. The van der Waals surface area contributed by atoms with Gasteiger partial charge in [0.2, 0.25) is 0 Å². The Morgan fingerprint density at radius 1 is 1.58 bits per heavy atom. The lowest BCUT2D eigenvalue weighted by molar-refractivity contribution is 0.559. The molecule has 0 radical (unpaired) electrons. The van der Waals surface area contributed by atoms with Gasteiger partial charge in [0.25, 0.3) is 16.1 Å². The van der Waals surface area contributed by atoms with Gasteiger partial charge in [0.1, 0.15) is 0 Å². The standard InChI is InChI=1S/C5H7Cl2NO3S/c1-4(6)5(2,7)12(10,11)8-3-9/h4H,1-2H3. The van der Waals surface area contributed by atoms with Crippen molar-refractivity contribution in [3.8, 4) is 0 Å². The van der Waals surface area contributed by atoms with Crippen LogP contribution in [0.25, 0.3) is 0 Å². The van der Waals surface area contributed by atoms with E-state index >= 15 is 0 Å². The summed E-state index contributed by atoms with van der Waals surface area (Å²) in [6, 6.07) is 0. The molecule has 2 atom stereocenters. The van der Waals surface area contributed by atoms with Crippen LogP contribution in [-0.4, -0.2) is 24.1 Å². The number of isocyanates is 1. The van der Waals surface area contributed by atoms with E-state index < -0.39 is 19.6 Å². The predicted molar refractivity (Wildman–Crippen MR) is 46.6 cm³/mol. The Labute approximate surface area is 80.6 Å². The summed E-state index contributed by atoms with van der Waals surface area (Å²) < 4.78 is 22.9. The van der Waals surface area contributed by atoms with E-state index in [9.17, 15) is 13.2 Å². The van der Waals surface area contributed by atoms with Gasteiger partial charge in [-0.25, -0.2) is 13.2 Å². The third-order valence-electron chi connectivity index (χ3n) is 1.37. The monoisotopic (exact) mass is 231 g/mol. The van der Waals surface area contributed by atoms with E-state index in [1.54, 1.807) is 0 Å². The molecule has 0 aromatic rings. The molecule has 0 aliphatic heterocycles. The number of sulfonamides is 1. The van der Waals surface area contributed by atoms with Crippen LogP contribution in [0.15, 0.2) is 4.40 Å². The molecule has 0 spiro atoms. The fraction of sp³-hybridized carbons (Fsp3) is 0.800. The van der Waals surface area contributed by atoms with Crippen molar-refractivity contribution in [1.82, 2.24) is 0 Å². The van der Waals surface area contributed by atoms with Crippen molar-refractivity contribution < 1.29 is 13.2 Å². The summed E-state index contributed by atoms with van der Waals surface area (Å²) in [4.78, 5) is 9.72. The number of halogens is 2. The average molecular weight is 232 g/mol. The zero-order valence-corrected chi connectivity index (χ0v) is 8.74. The van der Waals surface area contributed by atoms with Crippen LogP contribution in [0.3, 0.4) is 0 Å². The summed E-state index contributed by atoms with van der Waals surface area (Å²) in [7, 11) is -4.07. The summed E-state index contributed by atoms with van der Waals surface area (Å²) in [5.41, 5.74) is 0. The normalized spacial score (nSPS) is 19.0. The molecule has 0 bridgehead atoms. The van der Waals surface area contributed by atoms with E-state index in [1.165, 1.54) is 13.8 Å². The first kappa shape index (κ1) is 11.9. The molecule has 0 amide bonds. The van der Waals surface area contributed by atoms with E-state index in [2.05, 4.69) is 4.40 Å². The molecule has 0 saturated carbocycles. The van der Waals surface area contributed by atoms with E-state index in [1.807, 2.05) is 0 Å². The van der Waals surface area contributed by atoms with Crippen LogP contribution in [0.5, 0.6) is 0 Å². The lowest BCUT2D eigenvalue weighted by Gasteiger charge is -2.20. The highest BCUT2D eigenvalue weighted by Gasteiger charge is 2.41. The minimum absolute atomic E-state index is 0.860. The number of rotatable bonds is 3. The van der Waals surface area contributed by atoms with Crippen LogP contribution in [0, 0.1) is 0 Å². The third kappa shape index (κ3) is 2.20. The van der Waals surface area contributed by atoms with Crippen LogP contribution in [0.2, 0.25) is 0 Å². The summed E-state index contributed by atoms with van der Waals surface area (Å²) in [5, 5.41) is -0.860. The highest BCUT2D eigenvalue weighted by molar-refractivity contribution is 7.93. The Hall–Kier alpha value is -0.0900. The molecule has 0 aliphatic rings. The quantitative estimate of drug-likeness (QED) is 0.417. The molecule has 7 heteroatoms. The Balaban J connectivity index is 5.17. The highest BCUT2D eigenvalue weighted by atomic mass is 35.5. The van der Waals surface area contributed by atoms with Gasteiger partial charge >= 0.3 is 0 Å². The van der Waals surface area contributed by atoms with Crippen molar-refractivity contribution in [1.29, 1.82) is 0 Å². The largest absolute Gasteiger partial charge is 0.284 e. The molecular formula is C5H7Cl2NO3S. The number of carbonyl (C=O) groups excluding carboxylic acids is 1. The summed E-state index contributed by atoms with van der Waals surface area (Å²) in [5.74, 6) is 0. The Kier molecular flexibility index (Phi) is 3.72. The smallest absolute Gasteiger partial charge is 0.210 e. The van der Waals surface area contributed by atoms with Crippen molar-refractivity contribution in [2.75, 3.05) is 0 Å². The minimum Gasteiger partial charge on any atom is -0.210 e. The molecule has 0 aromatic heterocycles. The van der Waals surface area contributed by atoms with Gasteiger partial charge in [-0.05, 0) is 13.8 Å². The number of hydrogen-bond acceptors (Lipinski definition) is 3. The Morgan fingerprint density at radius 3 is 2.25 bits per heavy atom. The molecule has 4 nitrogen and oxygen atoms in total. The first-order chi connectivity index (χ1) is 5.25. The van der Waals surface area contributed by atoms with Gasteiger partial charge in [-0.3, -0.25) is 0 Å². The summed E-state index contributed by atoms with van der Waals surface area (Å²) in [6.07, 6.45) is 0.913.